The molecule has 0 atom stereocenters. The molecule has 0 saturated carbocycles. The smallest absolute Gasteiger partial charge is 0.197 e. The Bertz CT molecular complexity index is 395. The number of aromatic nitrogens is 2. The van der Waals surface area contributed by atoms with E-state index < -0.39 is 0 Å². The van der Waals surface area contributed by atoms with Gasteiger partial charge in [-0.2, -0.15) is 0 Å². The molecule has 1 aromatic rings. The van der Waals surface area contributed by atoms with E-state index in [0.717, 1.165) is 6.42 Å². The van der Waals surface area contributed by atoms with Crippen LogP contribution < -0.4 is 5.73 Å². The number of unbranched alkanes of at least 4 members (excludes halogenated alkanes) is 11. The van der Waals surface area contributed by atoms with Crippen LogP contribution in [0.25, 0.3) is 0 Å². The van der Waals surface area contributed by atoms with Crippen molar-refractivity contribution in [1.29, 1.82) is 0 Å². The van der Waals surface area contributed by atoms with Crippen LogP contribution in [0.1, 0.15) is 96.1 Å². The highest BCUT2D eigenvalue weighted by Crippen LogP contribution is 2.10. The molecule has 0 aliphatic carbocycles. The van der Waals surface area contributed by atoms with Gasteiger partial charge in [-0.25, -0.2) is 4.98 Å². The van der Waals surface area contributed by atoms with Gasteiger partial charge in [0.25, 0.3) is 0 Å². The third-order valence-electron chi connectivity index (χ3n) is 4.36. The van der Waals surface area contributed by atoms with Crippen LogP contribution in [0.3, 0.4) is 0 Å². The molecule has 3 nitrogen and oxygen atoms in total. The number of nitrogens with two attached hydrogens (primary N) is 1. The third-order valence-corrected chi connectivity index (χ3v) is 4.36. The molecule has 0 bridgehead atoms. The van der Waals surface area contributed by atoms with Crippen molar-refractivity contribution in [2.75, 3.05) is 5.73 Å². The van der Waals surface area contributed by atoms with Gasteiger partial charge in [0, 0.05) is 5.69 Å². The fourth-order valence-electron chi connectivity index (χ4n) is 2.89. The van der Waals surface area contributed by atoms with Gasteiger partial charge in [-0.1, -0.05) is 70.4 Å². The maximum absolute atomic E-state index is 5.56. The van der Waals surface area contributed by atoms with Gasteiger partial charge in [0.2, 0.25) is 0 Å². The van der Waals surface area contributed by atoms with Crippen LogP contribution in [0.2, 0.25) is 0 Å². The highest BCUT2D eigenvalue weighted by Gasteiger charge is 1.97. The van der Waals surface area contributed by atoms with Crippen LogP contribution in [-0.4, -0.2) is 9.97 Å². The minimum atomic E-state index is 0.535. The fraction of sp³-hybridized carbons (Fsp3) is 0.750. The second-order valence-corrected chi connectivity index (χ2v) is 6.63. The Hall–Kier alpha value is -1.25. The zero-order valence-corrected chi connectivity index (χ0v) is 15.2. The normalized spacial score (nSPS) is 11.5. The third kappa shape index (κ3) is 11.9. The van der Waals surface area contributed by atoms with Gasteiger partial charge in [-0.3, -0.25) is 0 Å². The fourth-order valence-corrected chi connectivity index (χ4v) is 2.89. The molecule has 0 aromatic carbocycles. The van der Waals surface area contributed by atoms with Crippen molar-refractivity contribution >= 4 is 5.95 Å². The number of hydrogen-bond acceptors (Lipinski definition) is 2. The Morgan fingerprint density at radius 1 is 0.870 bits per heavy atom. The summed E-state index contributed by atoms with van der Waals surface area (Å²) in [5, 5.41) is 0. The second-order valence-electron chi connectivity index (χ2n) is 6.63. The van der Waals surface area contributed by atoms with E-state index in [1.165, 1.54) is 89.2 Å². The Labute approximate surface area is 143 Å². The number of nitrogens with zero attached hydrogens (tertiary/aromatic N) is 1. The van der Waals surface area contributed by atoms with Crippen LogP contribution in [0.15, 0.2) is 18.3 Å². The summed E-state index contributed by atoms with van der Waals surface area (Å²) in [4.78, 5) is 7.10. The number of imidazole rings is 1. The SMILES string of the molecule is CCCCCCCC/C=C\CCCCCCCc1cnc(N)[nH]1. The van der Waals surface area contributed by atoms with Crippen LogP contribution in [0.4, 0.5) is 5.95 Å². The molecule has 3 N–H and O–H groups in total. The highest BCUT2D eigenvalue weighted by molar-refractivity contribution is 5.18. The number of allylic oxidation sites excluding steroid dienone is 2. The van der Waals surface area contributed by atoms with Crippen molar-refractivity contribution in [2.45, 2.75) is 96.8 Å². The summed E-state index contributed by atoms with van der Waals surface area (Å²) in [5.41, 5.74) is 6.73. The lowest BCUT2D eigenvalue weighted by Crippen LogP contribution is -1.89. The molecule has 3 heteroatoms. The maximum Gasteiger partial charge on any atom is 0.197 e. The monoisotopic (exact) mass is 319 g/mol. The first-order valence-corrected chi connectivity index (χ1v) is 9.77. The lowest BCUT2D eigenvalue weighted by Gasteiger charge is -2.00. The topological polar surface area (TPSA) is 54.7 Å². The van der Waals surface area contributed by atoms with E-state index in [9.17, 15) is 0 Å². The molecule has 0 aliphatic heterocycles. The average Bonchev–Trinajstić information content (AvgIpc) is 2.96. The van der Waals surface area contributed by atoms with Crippen molar-refractivity contribution in [3.05, 3.63) is 24.0 Å². The van der Waals surface area contributed by atoms with Crippen LogP contribution in [-0.2, 0) is 6.42 Å². The molecule has 1 heterocycles. The number of H-pyrrole nitrogens is 1. The van der Waals surface area contributed by atoms with Crippen molar-refractivity contribution in [2.24, 2.45) is 0 Å². The first-order valence-electron chi connectivity index (χ1n) is 9.77. The number of nitrogen functional groups attached to an aromatic ring is 1. The van der Waals surface area contributed by atoms with E-state index in [1.807, 2.05) is 6.20 Å². The van der Waals surface area contributed by atoms with Crippen molar-refractivity contribution in [3.8, 4) is 0 Å². The van der Waals surface area contributed by atoms with Crippen LogP contribution in [0, 0.1) is 0 Å². The van der Waals surface area contributed by atoms with E-state index >= 15 is 0 Å². The predicted molar refractivity (Wildman–Crippen MR) is 102 cm³/mol. The zero-order valence-electron chi connectivity index (χ0n) is 15.2. The summed E-state index contributed by atoms with van der Waals surface area (Å²) < 4.78 is 0. The molecule has 1 rings (SSSR count). The van der Waals surface area contributed by atoms with Gasteiger partial charge in [-0.15, -0.1) is 0 Å². The molecule has 132 valence electrons. The Balaban J connectivity index is 1.78. The molecule has 23 heavy (non-hydrogen) atoms. The molecule has 0 radical (unpaired) electrons. The summed E-state index contributed by atoms with van der Waals surface area (Å²) in [6, 6.07) is 0. The quantitative estimate of drug-likeness (QED) is 0.299. The lowest BCUT2D eigenvalue weighted by molar-refractivity contribution is 0.608. The standard InChI is InChI=1S/C20H37N3/c1-2-3-4-5-6-7-8-9-10-11-12-13-14-15-16-17-19-18-22-20(21)23-19/h9-10,18H,2-8,11-17H2,1H3,(H3,21,22,23)/b10-9-. The molecule has 0 aliphatic rings. The minimum absolute atomic E-state index is 0.535. The Kier molecular flexibility index (Phi) is 12.4. The first kappa shape index (κ1) is 19.8. The number of nitrogens with one attached hydrogen (secondary N) is 1. The maximum atomic E-state index is 5.56. The van der Waals surface area contributed by atoms with Gasteiger partial charge in [0.15, 0.2) is 5.95 Å². The van der Waals surface area contributed by atoms with Crippen LogP contribution >= 0.6 is 0 Å². The van der Waals surface area contributed by atoms with Crippen molar-refractivity contribution in [1.82, 2.24) is 9.97 Å². The van der Waals surface area contributed by atoms with Crippen molar-refractivity contribution in [3.63, 3.8) is 0 Å². The average molecular weight is 320 g/mol. The van der Waals surface area contributed by atoms with E-state index in [-0.39, 0.29) is 0 Å². The molecular formula is C20H37N3. The largest absolute Gasteiger partial charge is 0.369 e. The van der Waals surface area contributed by atoms with E-state index in [2.05, 4.69) is 29.0 Å². The van der Waals surface area contributed by atoms with E-state index in [1.54, 1.807) is 0 Å². The summed E-state index contributed by atoms with van der Waals surface area (Å²) >= 11 is 0. The lowest BCUT2D eigenvalue weighted by atomic mass is 10.1. The number of aryl methyl sites for hydroxylation is 1. The minimum Gasteiger partial charge on any atom is -0.369 e. The first-order chi connectivity index (χ1) is 11.3. The highest BCUT2D eigenvalue weighted by atomic mass is 15.0. The van der Waals surface area contributed by atoms with E-state index in [0.29, 0.717) is 5.95 Å². The zero-order chi connectivity index (χ0) is 16.6. The predicted octanol–water partition coefficient (Wildman–Crippen LogP) is 6.18. The molecular weight excluding hydrogens is 282 g/mol. The van der Waals surface area contributed by atoms with Crippen molar-refractivity contribution < 1.29 is 0 Å². The summed E-state index contributed by atoms with van der Waals surface area (Å²) in [7, 11) is 0. The molecule has 0 fully saturated rings. The van der Waals surface area contributed by atoms with E-state index in [4.69, 9.17) is 5.73 Å². The summed E-state index contributed by atoms with van der Waals surface area (Å²) in [6.07, 6.45) is 25.2. The second kappa shape index (κ2) is 14.3. The number of aromatic amines is 1. The van der Waals surface area contributed by atoms with Gasteiger partial charge in [0.1, 0.15) is 0 Å². The molecule has 0 unspecified atom stereocenters. The summed E-state index contributed by atoms with van der Waals surface area (Å²) in [5.74, 6) is 0.535. The van der Waals surface area contributed by atoms with Gasteiger partial charge in [0.05, 0.1) is 6.20 Å². The van der Waals surface area contributed by atoms with Gasteiger partial charge >= 0.3 is 0 Å². The number of hydrogen-bond donors (Lipinski definition) is 2. The number of anilines is 1. The van der Waals surface area contributed by atoms with Gasteiger partial charge < -0.3 is 10.7 Å². The summed E-state index contributed by atoms with van der Waals surface area (Å²) in [6.45, 7) is 2.28. The number of rotatable bonds is 15. The molecule has 1 aromatic heterocycles. The Morgan fingerprint density at radius 3 is 2.00 bits per heavy atom. The molecule has 0 amide bonds. The van der Waals surface area contributed by atoms with Gasteiger partial charge in [-0.05, 0) is 38.5 Å². The molecule has 0 saturated heterocycles. The Morgan fingerprint density at radius 2 is 1.43 bits per heavy atom. The van der Waals surface area contributed by atoms with Crippen LogP contribution in [0.5, 0.6) is 0 Å². The molecule has 0 spiro atoms.